The van der Waals surface area contributed by atoms with Crippen molar-refractivity contribution in [3.8, 4) is 0 Å². The molecular weight excluding hydrogens is 287 g/mol. The normalized spacial score (nSPS) is 15.9. The Labute approximate surface area is 109 Å². The van der Waals surface area contributed by atoms with Crippen molar-refractivity contribution >= 4 is 17.9 Å². The van der Waals surface area contributed by atoms with Gasteiger partial charge in [-0.05, 0) is 0 Å². The number of amides is 1. The van der Waals surface area contributed by atoms with Gasteiger partial charge in [-0.25, -0.2) is 9.47 Å². The monoisotopic (exact) mass is 297 g/mol. The summed E-state index contributed by atoms with van der Waals surface area (Å²) >= 11 is 0.988. The summed E-state index contributed by atoms with van der Waals surface area (Å²) in [5, 5.41) is 6.30. The van der Waals surface area contributed by atoms with Crippen molar-refractivity contribution in [2.24, 2.45) is 0 Å². The van der Waals surface area contributed by atoms with E-state index in [1.54, 1.807) is 0 Å². The number of nitrogens with zero attached hydrogens (tertiary/aromatic N) is 4. The van der Waals surface area contributed by atoms with E-state index in [0.717, 1.165) is 11.8 Å². The third kappa shape index (κ3) is 3.03. The van der Waals surface area contributed by atoms with Gasteiger partial charge in [-0.15, -0.1) is 10.2 Å². The lowest BCUT2D eigenvalue weighted by molar-refractivity contribution is -0.146. The van der Waals surface area contributed by atoms with Crippen LogP contribution in [-0.2, 0) is 10.9 Å². The fourth-order valence-electron chi connectivity index (χ4n) is 1.44. The van der Waals surface area contributed by atoms with Gasteiger partial charge in [-0.2, -0.15) is 13.2 Å². The van der Waals surface area contributed by atoms with Gasteiger partial charge in [0.1, 0.15) is 6.61 Å². The molecule has 1 aromatic heterocycles. The van der Waals surface area contributed by atoms with Gasteiger partial charge in [0.2, 0.25) is 5.16 Å². The molecule has 0 saturated carbocycles. The fourth-order valence-corrected chi connectivity index (χ4v) is 2.26. The number of hydrogen-bond acceptors (Lipinski definition) is 6. The predicted molar refractivity (Wildman–Crippen MR) is 58.8 cm³/mol. The SMILES string of the molecule is Nn1c(SCCN2CCOC2=O)nnc1C(F)(F)F. The highest BCUT2D eigenvalue weighted by Crippen LogP contribution is 2.28. The quantitative estimate of drug-likeness (QED) is 0.645. The topological polar surface area (TPSA) is 86.3 Å². The third-order valence-corrected chi connectivity index (χ3v) is 3.28. The molecule has 1 fully saturated rings. The van der Waals surface area contributed by atoms with Crippen LogP contribution in [0, 0.1) is 0 Å². The molecule has 2 rings (SSSR count). The van der Waals surface area contributed by atoms with Gasteiger partial charge in [0.05, 0.1) is 6.54 Å². The zero-order chi connectivity index (χ0) is 14.0. The van der Waals surface area contributed by atoms with Gasteiger partial charge in [0.15, 0.2) is 0 Å². The Bertz CT molecular complexity index is 477. The predicted octanol–water partition coefficient (Wildman–Crippen LogP) is 0.555. The van der Waals surface area contributed by atoms with Crippen molar-refractivity contribution < 1.29 is 22.7 Å². The van der Waals surface area contributed by atoms with Gasteiger partial charge in [0, 0.05) is 12.3 Å². The summed E-state index contributed by atoms with van der Waals surface area (Å²) in [6.45, 7) is 1.15. The average molecular weight is 297 g/mol. The lowest BCUT2D eigenvalue weighted by atomic mass is 10.6. The Kier molecular flexibility index (Phi) is 3.73. The standard InChI is InChI=1S/C8H10F3N5O2S/c9-8(10,11)5-13-14-6(16(5)12)19-4-2-15-1-3-18-7(15)17/h1-4,12H2. The molecule has 1 aliphatic rings. The molecule has 2 heterocycles. The highest BCUT2D eigenvalue weighted by atomic mass is 32.2. The molecule has 19 heavy (non-hydrogen) atoms. The number of rotatable bonds is 4. The fraction of sp³-hybridized carbons (Fsp3) is 0.625. The molecule has 0 atom stereocenters. The molecule has 0 radical (unpaired) electrons. The Morgan fingerprint density at radius 1 is 1.42 bits per heavy atom. The summed E-state index contributed by atoms with van der Waals surface area (Å²) in [6, 6.07) is 0. The first-order chi connectivity index (χ1) is 8.89. The van der Waals surface area contributed by atoms with E-state index in [2.05, 4.69) is 10.2 Å². The second-order valence-electron chi connectivity index (χ2n) is 3.62. The Balaban J connectivity index is 1.90. The van der Waals surface area contributed by atoms with E-state index in [-0.39, 0.29) is 5.16 Å². The maximum Gasteiger partial charge on any atom is 0.453 e. The molecule has 0 spiro atoms. The molecule has 2 N–H and O–H groups in total. The van der Waals surface area contributed by atoms with E-state index in [1.807, 2.05) is 0 Å². The molecule has 0 bridgehead atoms. The summed E-state index contributed by atoms with van der Waals surface area (Å²) in [6.07, 6.45) is -5.06. The number of thioether (sulfide) groups is 1. The highest BCUT2D eigenvalue weighted by Gasteiger charge is 2.38. The zero-order valence-electron chi connectivity index (χ0n) is 9.55. The van der Waals surface area contributed by atoms with E-state index in [1.165, 1.54) is 4.90 Å². The number of aromatic nitrogens is 3. The molecule has 0 unspecified atom stereocenters. The minimum Gasteiger partial charge on any atom is -0.448 e. The van der Waals surface area contributed by atoms with E-state index in [9.17, 15) is 18.0 Å². The van der Waals surface area contributed by atoms with Crippen molar-refractivity contribution in [3.63, 3.8) is 0 Å². The number of alkyl halides is 3. The number of carbonyl (C=O) groups is 1. The minimum absolute atomic E-state index is 0.0557. The maximum absolute atomic E-state index is 12.4. The number of nitrogens with two attached hydrogens (primary N) is 1. The lowest BCUT2D eigenvalue weighted by Crippen LogP contribution is -2.27. The second-order valence-corrected chi connectivity index (χ2v) is 4.69. The first kappa shape index (κ1) is 13.8. The Hall–Kier alpha value is -1.65. The molecule has 106 valence electrons. The zero-order valence-corrected chi connectivity index (χ0v) is 10.4. The minimum atomic E-state index is -4.64. The number of hydrogen-bond donors (Lipinski definition) is 1. The molecule has 0 aromatic carbocycles. The lowest BCUT2D eigenvalue weighted by Gasteiger charge is -2.11. The maximum atomic E-state index is 12.4. The summed E-state index contributed by atoms with van der Waals surface area (Å²) in [5.41, 5.74) is 0. The third-order valence-electron chi connectivity index (χ3n) is 2.36. The van der Waals surface area contributed by atoms with Crippen LogP contribution in [-0.4, -0.2) is 51.3 Å². The average Bonchev–Trinajstić information content (AvgIpc) is 2.86. The highest BCUT2D eigenvalue weighted by molar-refractivity contribution is 7.99. The van der Waals surface area contributed by atoms with Crippen molar-refractivity contribution in [1.82, 2.24) is 19.8 Å². The number of carbonyl (C=O) groups excluding carboxylic acids is 1. The first-order valence-corrected chi connectivity index (χ1v) is 6.20. The smallest absolute Gasteiger partial charge is 0.448 e. The summed E-state index contributed by atoms with van der Waals surface area (Å²) in [4.78, 5) is 12.6. The van der Waals surface area contributed by atoms with Crippen LogP contribution >= 0.6 is 11.8 Å². The molecule has 1 aromatic rings. The molecule has 1 saturated heterocycles. The van der Waals surface area contributed by atoms with Crippen LogP contribution in [0.3, 0.4) is 0 Å². The van der Waals surface area contributed by atoms with Crippen LogP contribution in [0.4, 0.5) is 18.0 Å². The molecule has 7 nitrogen and oxygen atoms in total. The van der Waals surface area contributed by atoms with E-state index >= 15 is 0 Å². The van der Waals surface area contributed by atoms with Crippen molar-refractivity contribution in [3.05, 3.63) is 5.82 Å². The van der Waals surface area contributed by atoms with Gasteiger partial charge in [-0.1, -0.05) is 11.8 Å². The summed E-state index contributed by atoms with van der Waals surface area (Å²) in [5.74, 6) is 4.35. The van der Waals surface area contributed by atoms with E-state index in [4.69, 9.17) is 10.6 Å². The Morgan fingerprint density at radius 3 is 2.68 bits per heavy atom. The number of cyclic esters (lactones) is 1. The van der Waals surface area contributed by atoms with Crippen LogP contribution in [0.1, 0.15) is 5.82 Å². The van der Waals surface area contributed by atoms with Crippen LogP contribution in [0.2, 0.25) is 0 Å². The molecular formula is C8H10F3N5O2S. The van der Waals surface area contributed by atoms with Crippen LogP contribution in [0.25, 0.3) is 0 Å². The molecule has 1 amide bonds. The van der Waals surface area contributed by atoms with Crippen molar-refractivity contribution in [2.75, 3.05) is 31.3 Å². The second kappa shape index (κ2) is 5.15. The van der Waals surface area contributed by atoms with Gasteiger partial charge < -0.3 is 15.5 Å². The molecule has 0 aliphatic carbocycles. The molecule has 1 aliphatic heterocycles. The summed E-state index contributed by atoms with van der Waals surface area (Å²) in [7, 11) is 0. The van der Waals surface area contributed by atoms with Crippen molar-refractivity contribution in [2.45, 2.75) is 11.3 Å². The largest absolute Gasteiger partial charge is 0.453 e. The number of ether oxygens (including phenoxy) is 1. The summed E-state index contributed by atoms with van der Waals surface area (Å²) < 4.78 is 42.3. The Morgan fingerprint density at radius 2 is 2.16 bits per heavy atom. The van der Waals surface area contributed by atoms with Crippen LogP contribution in [0.5, 0.6) is 0 Å². The number of nitrogen functional groups attached to an aromatic ring is 1. The van der Waals surface area contributed by atoms with E-state index < -0.39 is 18.1 Å². The van der Waals surface area contributed by atoms with Crippen LogP contribution in [0.15, 0.2) is 5.16 Å². The van der Waals surface area contributed by atoms with Gasteiger partial charge >= 0.3 is 12.3 Å². The van der Waals surface area contributed by atoms with Gasteiger partial charge in [-0.3, -0.25) is 0 Å². The van der Waals surface area contributed by atoms with Crippen molar-refractivity contribution in [1.29, 1.82) is 0 Å². The van der Waals surface area contributed by atoms with Crippen LogP contribution < -0.4 is 5.84 Å². The molecule has 11 heteroatoms. The van der Waals surface area contributed by atoms with Gasteiger partial charge in [0.25, 0.3) is 5.82 Å². The first-order valence-electron chi connectivity index (χ1n) is 5.22. The van der Waals surface area contributed by atoms with E-state index in [0.29, 0.717) is 30.1 Å². The number of halogens is 3.